The molecule has 1 heterocycles. The number of hydrogen-bond acceptors (Lipinski definition) is 8. The fourth-order valence-electron chi connectivity index (χ4n) is 4.97. The number of hydrogen-bond donors (Lipinski definition) is 0. The molecule has 1 unspecified atom stereocenters. The lowest BCUT2D eigenvalue weighted by atomic mass is 9.92. The van der Waals surface area contributed by atoms with Crippen LogP contribution in [0.15, 0.2) is 40.3 Å². The van der Waals surface area contributed by atoms with E-state index in [0.29, 0.717) is 28.9 Å². The van der Waals surface area contributed by atoms with Crippen molar-refractivity contribution in [2.24, 2.45) is 5.92 Å². The van der Waals surface area contributed by atoms with Gasteiger partial charge >= 0.3 is 22.1 Å². The van der Waals surface area contributed by atoms with E-state index in [4.69, 9.17) is 18.4 Å². The molecule has 0 N–H and O–H groups in total. The number of rotatable bonds is 8. The summed E-state index contributed by atoms with van der Waals surface area (Å²) in [5.41, 5.74) is 4.84. The normalized spacial score (nSPS) is 17.1. The van der Waals surface area contributed by atoms with E-state index in [1.165, 1.54) is 26.4 Å². The molecule has 0 spiro atoms. The van der Waals surface area contributed by atoms with Crippen molar-refractivity contribution in [2.45, 2.75) is 58.0 Å². The second kappa shape index (κ2) is 9.97. The molecule has 2 aromatic carbocycles. The van der Waals surface area contributed by atoms with Crippen molar-refractivity contribution in [3.8, 4) is 11.5 Å². The lowest BCUT2D eigenvalue weighted by Gasteiger charge is -2.20. The first-order valence-electron chi connectivity index (χ1n) is 11.7. The van der Waals surface area contributed by atoms with Crippen molar-refractivity contribution < 1.29 is 36.4 Å². The molecule has 0 saturated carbocycles. The van der Waals surface area contributed by atoms with Crippen molar-refractivity contribution >= 4 is 22.1 Å². The number of fused-ring (bicyclic) bond motifs is 1. The Labute approximate surface area is 211 Å². The van der Waals surface area contributed by atoms with Gasteiger partial charge in [-0.25, -0.2) is 4.79 Å². The van der Waals surface area contributed by atoms with Gasteiger partial charge in [0.1, 0.15) is 22.8 Å². The van der Waals surface area contributed by atoms with Crippen LogP contribution in [0.25, 0.3) is 0 Å². The van der Waals surface area contributed by atoms with Crippen molar-refractivity contribution in [1.29, 1.82) is 0 Å². The molecule has 0 radical (unpaired) electrons. The molecule has 2 aromatic rings. The fourth-order valence-corrected chi connectivity index (χ4v) is 5.94. The van der Waals surface area contributed by atoms with Gasteiger partial charge in [-0.3, -0.25) is 4.79 Å². The lowest BCUT2D eigenvalue weighted by Crippen LogP contribution is -2.15. The standard InChI is InChI=1S/C27H30O8S/c1-15-6-10-20(11-7-15)36(30,31)35-26-21(12-18-8-9-19(16(18)2)13-23(28)32-4)25(33-5)17(3)22-14-34-27(29)24(22)26/h6-7,10-11,19H,8-9,12-14H2,1-5H3. The molecule has 1 aliphatic heterocycles. The predicted molar refractivity (Wildman–Crippen MR) is 132 cm³/mol. The lowest BCUT2D eigenvalue weighted by molar-refractivity contribution is -0.141. The largest absolute Gasteiger partial charge is 0.496 e. The third-order valence-electron chi connectivity index (χ3n) is 7.12. The van der Waals surface area contributed by atoms with Gasteiger partial charge in [-0.1, -0.05) is 28.8 Å². The number of benzene rings is 2. The Morgan fingerprint density at radius 1 is 1.08 bits per heavy atom. The molecule has 9 heteroatoms. The zero-order valence-corrected chi connectivity index (χ0v) is 21.9. The summed E-state index contributed by atoms with van der Waals surface area (Å²) >= 11 is 0. The van der Waals surface area contributed by atoms with Gasteiger partial charge in [0.15, 0.2) is 5.75 Å². The van der Waals surface area contributed by atoms with E-state index >= 15 is 0 Å². The second-order valence-electron chi connectivity index (χ2n) is 9.23. The minimum absolute atomic E-state index is 0.0144. The molecule has 1 aliphatic carbocycles. The molecule has 0 amide bonds. The molecule has 0 aromatic heterocycles. The maximum absolute atomic E-state index is 13.3. The first kappa shape index (κ1) is 25.8. The van der Waals surface area contributed by atoms with Crippen molar-refractivity contribution in [3.63, 3.8) is 0 Å². The summed E-state index contributed by atoms with van der Waals surface area (Å²) in [5, 5.41) is 0. The Hall–Kier alpha value is -3.33. The summed E-state index contributed by atoms with van der Waals surface area (Å²) in [6.07, 6.45) is 2.10. The van der Waals surface area contributed by atoms with Gasteiger partial charge < -0.3 is 18.4 Å². The highest BCUT2D eigenvalue weighted by Crippen LogP contribution is 2.46. The number of methoxy groups -OCH3 is 2. The van der Waals surface area contributed by atoms with E-state index in [-0.39, 0.29) is 41.1 Å². The minimum atomic E-state index is -4.25. The van der Waals surface area contributed by atoms with Gasteiger partial charge in [0, 0.05) is 17.5 Å². The van der Waals surface area contributed by atoms with Gasteiger partial charge in [0.2, 0.25) is 0 Å². The van der Waals surface area contributed by atoms with Crippen LogP contribution >= 0.6 is 0 Å². The number of allylic oxidation sites excluding steroid dienone is 2. The van der Waals surface area contributed by atoms with Gasteiger partial charge in [-0.05, 0) is 57.2 Å². The maximum Gasteiger partial charge on any atom is 0.342 e. The van der Waals surface area contributed by atoms with Crippen LogP contribution in [-0.4, -0.2) is 34.6 Å². The molecule has 36 heavy (non-hydrogen) atoms. The third-order valence-corrected chi connectivity index (χ3v) is 8.36. The number of ether oxygens (including phenoxy) is 3. The summed E-state index contributed by atoms with van der Waals surface area (Å²) in [6, 6.07) is 6.30. The SMILES string of the molecule is COC(=O)CC1CCC(Cc2c(OC)c(C)c3c(c2OS(=O)(=O)c2ccc(C)cc2)C(=O)OC3)=C1C. The highest BCUT2D eigenvalue weighted by molar-refractivity contribution is 7.87. The van der Waals surface area contributed by atoms with Crippen molar-refractivity contribution in [2.75, 3.05) is 14.2 Å². The Balaban J connectivity index is 1.84. The zero-order chi connectivity index (χ0) is 26.2. The number of carbonyl (C=O) groups is 2. The van der Waals surface area contributed by atoms with Gasteiger partial charge in [-0.15, -0.1) is 0 Å². The molecule has 4 rings (SSSR count). The molecular weight excluding hydrogens is 484 g/mol. The van der Waals surface area contributed by atoms with Crippen LogP contribution in [-0.2, 0) is 37.4 Å². The molecule has 192 valence electrons. The zero-order valence-electron chi connectivity index (χ0n) is 21.1. The number of cyclic esters (lactones) is 1. The Morgan fingerprint density at radius 3 is 2.42 bits per heavy atom. The molecule has 0 bridgehead atoms. The average molecular weight is 515 g/mol. The monoisotopic (exact) mass is 514 g/mol. The molecular formula is C27H30O8S. The summed E-state index contributed by atoms with van der Waals surface area (Å²) in [4.78, 5) is 24.6. The van der Waals surface area contributed by atoms with E-state index in [1.54, 1.807) is 12.1 Å². The summed E-state index contributed by atoms with van der Waals surface area (Å²) in [6.45, 7) is 5.66. The van der Waals surface area contributed by atoms with Crippen LogP contribution in [0.5, 0.6) is 11.5 Å². The quantitative estimate of drug-likeness (QED) is 0.286. The Morgan fingerprint density at radius 2 is 1.78 bits per heavy atom. The number of carbonyl (C=O) groups excluding carboxylic acids is 2. The van der Waals surface area contributed by atoms with Crippen molar-refractivity contribution in [3.05, 3.63) is 63.2 Å². The summed E-state index contributed by atoms with van der Waals surface area (Å²) in [7, 11) is -1.38. The third kappa shape index (κ3) is 4.72. The van der Waals surface area contributed by atoms with Crippen LogP contribution in [0.1, 0.15) is 58.8 Å². The molecule has 0 saturated heterocycles. The fraction of sp³-hybridized carbons (Fsp3) is 0.407. The predicted octanol–water partition coefficient (Wildman–Crippen LogP) is 4.58. The highest BCUT2D eigenvalue weighted by Gasteiger charge is 2.37. The second-order valence-corrected chi connectivity index (χ2v) is 10.8. The first-order chi connectivity index (χ1) is 17.1. The van der Waals surface area contributed by atoms with Crippen LogP contribution in [0, 0.1) is 19.8 Å². The van der Waals surface area contributed by atoms with E-state index in [9.17, 15) is 18.0 Å². The van der Waals surface area contributed by atoms with E-state index < -0.39 is 16.1 Å². The summed E-state index contributed by atoms with van der Waals surface area (Å²) < 4.78 is 48.1. The van der Waals surface area contributed by atoms with Crippen LogP contribution in [0.4, 0.5) is 0 Å². The highest BCUT2D eigenvalue weighted by atomic mass is 32.2. The van der Waals surface area contributed by atoms with E-state index in [1.807, 2.05) is 20.8 Å². The maximum atomic E-state index is 13.3. The van der Waals surface area contributed by atoms with Crippen molar-refractivity contribution in [1.82, 2.24) is 0 Å². The van der Waals surface area contributed by atoms with Crippen LogP contribution in [0.2, 0.25) is 0 Å². The number of aryl methyl sites for hydroxylation is 1. The van der Waals surface area contributed by atoms with Gasteiger partial charge in [0.05, 0.1) is 20.6 Å². The Bertz CT molecular complexity index is 1350. The first-order valence-corrected chi connectivity index (χ1v) is 13.1. The molecule has 0 fully saturated rings. The summed E-state index contributed by atoms with van der Waals surface area (Å²) in [5.74, 6) is -0.473. The number of esters is 2. The smallest absolute Gasteiger partial charge is 0.342 e. The Kier molecular flexibility index (Phi) is 7.13. The van der Waals surface area contributed by atoms with E-state index in [0.717, 1.165) is 29.6 Å². The molecule has 2 aliphatic rings. The minimum Gasteiger partial charge on any atom is -0.496 e. The van der Waals surface area contributed by atoms with Gasteiger partial charge in [0.25, 0.3) is 0 Å². The topological polar surface area (TPSA) is 105 Å². The average Bonchev–Trinajstić information content (AvgIpc) is 3.39. The molecule has 1 atom stereocenters. The molecule has 8 nitrogen and oxygen atoms in total. The van der Waals surface area contributed by atoms with Gasteiger partial charge in [-0.2, -0.15) is 8.42 Å². The van der Waals surface area contributed by atoms with Crippen LogP contribution in [0.3, 0.4) is 0 Å². The van der Waals surface area contributed by atoms with Crippen LogP contribution < -0.4 is 8.92 Å². The van der Waals surface area contributed by atoms with E-state index in [2.05, 4.69) is 0 Å².